The molecule has 1 aliphatic heterocycles. The van der Waals surface area contributed by atoms with Gasteiger partial charge in [0.05, 0.1) is 10.7 Å². The molecule has 2 N–H and O–H groups in total. The van der Waals surface area contributed by atoms with E-state index < -0.39 is 0 Å². The Kier molecular flexibility index (Phi) is 2.15. The summed E-state index contributed by atoms with van der Waals surface area (Å²) in [7, 11) is 0. The van der Waals surface area contributed by atoms with Crippen molar-refractivity contribution in [2.75, 3.05) is 23.7 Å². The number of nitrogens with two attached hydrogens (primary N) is 1. The van der Waals surface area contributed by atoms with E-state index in [9.17, 15) is 0 Å². The Bertz CT molecular complexity index is 339. The van der Waals surface area contributed by atoms with Crippen LogP contribution in [0.1, 0.15) is 0 Å². The lowest BCUT2D eigenvalue weighted by Crippen LogP contribution is -2.18. The third-order valence-electron chi connectivity index (χ3n) is 2.16. The molecule has 68 valence electrons. The molecular weight excluding hydrogens is 184 g/mol. The summed E-state index contributed by atoms with van der Waals surface area (Å²) in [6.07, 6.45) is 4.29. The summed E-state index contributed by atoms with van der Waals surface area (Å²) in [6, 6.07) is 5.74. The maximum absolute atomic E-state index is 5.83. The van der Waals surface area contributed by atoms with Gasteiger partial charge in [-0.25, -0.2) is 0 Å². The van der Waals surface area contributed by atoms with E-state index in [0.717, 1.165) is 18.8 Å². The van der Waals surface area contributed by atoms with Crippen LogP contribution in [0, 0.1) is 0 Å². The zero-order valence-electron chi connectivity index (χ0n) is 7.20. The molecule has 1 aromatic carbocycles. The van der Waals surface area contributed by atoms with Crippen molar-refractivity contribution in [1.29, 1.82) is 0 Å². The van der Waals surface area contributed by atoms with E-state index in [-0.39, 0.29) is 0 Å². The maximum atomic E-state index is 5.83. The van der Waals surface area contributed by atoms with Crippen molar-refractivity contribution in [3.63, 3.8) is 0 Å². The van der Waals surface area contributed by atoms with Gasteiger partial charge in [0.1, 0.15) is 0 Å². The number of anilines is 2. The fraction of sp³-hybridized carbons (Fsp3) is 0.200. The van der Waals surface area contributed by atoms with Crippen LogP contribution in [0.15, 0.2) is 30.4 Å². The average molecular weight is 195 g/mol. The summed E-state index contributed by atoms with van der Waals surface area (Å²) in [6.45, 7) is 1.92. The number of benzene rings is 1. The van der Waals surface area contributed by atoms with E-state index in [1.807, 2.05) is 18.2 Å². The zero-order valence-corrected chi connectivity index (χ0v) is 7.96. The van der Waals surface area contributed by atoms with Crippen molar-refractivity contribution in [2.24, 2.45) is 0 Å². The van der Waals surface area contributed by atoms with Gasteiger partial charge in [-0.15, -0.1) is 0 Å². The van der Waals surface area contributed by atoms with Crippen molar-refractivity contribution in [3.05, 3.63) is 35.4 Å². The lowest BCUT2D eigenvalue weighted by atomic mass is 10.2. The van der Waals surface area contributed by atoms with Crippen LogP contribution in [0.2, 0.25) is 5.02 Å². The Balaban J connectivity index is 2.26. The molecule has 13 heavy (non-hydrogen) atoms. The summed E-state index contributed by atoms with van der Waals surface area (Å²) in [5.74, 6) is 0. The van der Waals surface area contributed by atoms with E-state index in [1.165, 1.54) is 0 Å². The highest BCUT2D eigenvalue weighted by atomic mass is 35.5. The SMILES string of the molecule is Nc1cc(N2CC=CC2)ccc1Cl. The van der Waals surface area contributed by atoms with Crippen LogP contribution in [-0.4, -0.2) is 13.1 Å². The van der Waals surface area contributed by atoms with Gasteiger partial charge in [0.2, 0.25) is 0 Å². The van der Waals surface area contributed by atoms with Crippen LogP contribution < -0.4 is 10.6 Å². The van der Waals surface area contributed by atoms with Gasteiger partial charge in [-0.05, 0) is 18.2 Å². The van der Waals surface area contributed by atoms with E-state index >= 15 is 0 Å². The van der Waals surface area contributed by atoms with E-state index in [4.69, 9.17) is 17.3 Å². The zero-order chi connectivity index (χ0) is 9.26. The van der Waals surface area contributed by atoms with Crippen LogP contribution >= 0.6 is 11.6 Å². The maximum Gasteiger partial charge on any atom is 0.0636 e. The summed E-state index contributed by atoms with van der Waals surface area (Å²) >= 11 is 5.83. The van der Waals surface area contributed by atoms with Gasteiger partial charge < -0.3 is 10.6 Å². The molecule has 0 atom stereocenters. The summed E-state index contributed by atoms with van der Waals surface area (Å²) in [5, 5.41) is 0.621. The minimum atomic E-state index is 0.621. The Hall–Kier alpha value is -1.15. The molecule has 1 aromatic rings. The Morgan fingerprint density at radius 1 is 1.23 bits per heavy atom. The molecule has 0 aliphatic carbocycles. The fourth-order valence-electron chi connectivity index (χ4n) is 1.42. The van der Waals surface area contributed by atoms with Crippen molar-refractivity contribution in [2.45, 2.75) is 0 Å². The first-order chi connectivity index (χ1) is 6.27. The van der Waals surface area contributed by atoms with Gasteiger partial charge >= 0.3 is 0 Å². The molecule has 0 spiro atoms. The molecule has 0 saturated heterocycles. The van der Waals surface area contributed by atoms with Crippen LogP contribution in [-0.2, 0) is 0 Å². The van der Waals surface area contributed by atoms with E-state index in [0.29, 0.717) is 10.7 Å². The molecule has 0 saturated carbocycles. The first-order valence-corrected chi connectivity index (χ1v) is 4.60. The monoisotopic (exact) mass is 194 g/mol. The van der Waals surface area contributed by atoms with Gasteiger partial charge in [0.25, 0.3) is 0 Å². The number of halogens is 1. The molecule has 1 heterocycles. The highest BCUT2D eigenvalue weighted by Crippen LogP contribution is 2.25. The highest BCUT2D eigenvalue weighted by molar-refractivity contribution is 6.33. The lowest BCUT2D eigenvalue weighted by Gasteiger charge is -2.18. The molecule has 0 amide bonds. The van der Waals surface area contributed by atoms with Gasteiger partial charge in [-0.3, -0.25) is 0 Å². The van der Waals surface area contributed by atoms with Crippen molar-refractivity contribution >= 4 is 23.0 Å². The average Bonchev–Trinajstić information content (AvgIpc) is 2.62. The molecular formula is C10H11ClN2. The van der Waals surface area contributed by atoms with E-state index in [1.54, 1.807) is 0 Å². The Labute approximate surface area is 82.6 Å². The smallest absolute Gasteiger partial charge is 0.0636 e. The number of nitrogen functional groups attached to an aromatic ring is 1. The van der Waals surface area contributed by atoms with Gasteiger partial charge in [-0.2, -0.15) is 0 Å². The van der Waals surface area contributed by atoms with Crippen molar-refractivity contribution in [3.8, 4) is 0 Å². The fourth-order valence-corrected chi connectivity index (χ4v) is 1.53. The van der Waals surface area contributed by atoms with Crippen LogP contribution in [0.5, 0.6) is 0 Å². The first-order valence-electron chi connectivity index (χ1n) is 4.22. The number of hydrogen-bond acceptors (Lipinski definition) is 2. The van der Waals surface area contributed by atoms with Gasteiger partial charge in [-0.1, -0.05) is 23.8 Å². The molecule has 1 aliphatic rings. The minimum absolute atomic E-state index is 0.621. The Morgan fingerprint density at radius 3 is 2.54 bits per heavy atom. The first kappa shape index (κ1) is 8.45. The molecule has 2 rings (SSSR count). The van der Waals surface area contributed by atoms with Gasteiger partial charge in [0, 0.05) is 18.8 Å². The second-order valence-electron chi connectivity index (χ2n) is 3.08. The summed E-state index contributed by atoms with van der Waals surface area (Å²) in [5.41, 5.74) is 7.49. The Morgan fingerprint density at radius 2 is 1.92 bits per heavy atom. The predicted octanol–water partition coefficient (Wildman–Crippen LogP) is 2.30. The van der Waals surface area contributed by atoms with Crippen LogP contribution in [0.4, 0.5) is 11.4 Å². The van der Waals surface area contributed by atoms with Crippen molar-refractivity contribution < 1.29 is 0 Å². The lowest BCUT2D eigenvalue weighted by molar-refractivity contribution is 1.01. The number of nitrogens with zero attached hydrogens (tertiary/aromatic N) is 1. The molecule has 0 unspecified atom stereocenters. The van der Waals surface area contributed by atoms with Gasteiger partial charge in [0.15, 0.2) is 0 Å². The minimum Gasteiger partial charge on any atom is -0.397 e. The molecule has 3 heteroatoms. The third kappa shape index (κ3) is 1.63. The highest BCUT2D eigenvalue weighted by Gasteiger charge is 2.08. The van der Waals surface area contributed by atoms with Crippen LogP contribution in [0.3, 0.4) is 0 Å². The summed E-state index contributed by atoms with van der Waals surface area (Å²) in [4.78, 5) is 2.23. The quantitative estimate of drug-likeness (QED) is 0.549. The molecule has 0 bridgehead atoms. The standard InChI is InChI=1S/C10H11ClN2/c11-9-4-3-8(7-10(9)12)13-5-1-2-6-13/h1-4,7H,5-6,12H2. The second kappa shape index (κ2) is 3.30. The topological polar surface area (TPSA) is 29.3 Å². The molecule has 0 fully saturated rings. The predicted molar refractivity (Wildman–Crippen MR) is 57.2 cm³/mol. The van der Waals surface area contributed by atoms with E-state index in [2.05, 4.69) is 17.1 Å². The molecule has 0 radical (unpaired) electrons. The molecule has 2 nitrogen and oxygen atoms in total. The third-order valence-corrected chi connectivity index (χ3v) is 2.51. The number of rotatable bonds is 1. The normalized spacial score (nSPS) is 15.3. The molecule has 0 aromatic heterocycles. The van der Waals surface area contributed by atoms with Crippen molar-refractivity contribution in [1.82, 2.24) is 0 Å². The van der Waals surface area contributed by atoms with Crippen LogP contribution in [0.25, 0.3) is 0 Å². The number of hydrogen-bond donors (Lipinski definition) is 1. The summed E-state index contributed by atoms with van der Waals surface area (Å²) < 4.78 is 0. The largest absolute Gasteiger partial charge is 0.397 e. The second-order valence-corrected chi connectivity index (χ2v) is 3.49.